The van der Waals surface area contributed by atoms with E-state index in [9.17, 15) is 0 Å². The Balaban J connectivity index is 1.16. The Morgan fingerprint density at radius 3 is 1.70 bits per heavy atom. The van der Waals surface area contributed by atoms with Crippen LogP contribution in [0.2, 0.25) is 0 Å². The highest BCUT2D eigenvalue weighted by Crippen LogP contribution is 2.41. The summed E-state index contributed by atoms with van der Waals surface area (Å²) in [5.74, 6) is 2.61. The third kappa shape index (κ3) is 4.68. The first kappa shape index (κ1) is 29.4. The van der Waals surface area contributed by atoms with Crippen molar-refractivity contribution >= 4 is 54.9 Å². The highest BCUT2D eigenvalue weighted by atomic mass is 16.3. The van der Waals surface area contributed by atoms with Crippen molar-refractivity contribution < 1.29 is 8.83 Å². The molecule has 11 aromatic rings. The number of hydrogen-bond donors (Lipinski definition) is 0. The van der Waals surface area contributed by atoms with Crippen LogP contribution in [0.4, 0.5) is 0 Å². The molecule has 7 aromatic carbocycles. The van der Waals surface area contributed by atoms with Gasteiger partial charge in [0.05, 0.1) is 11.0 Å². The first-order valence-corrected chi connectivity index (χ1v) is 17.5. The number of fused-ring (bicyclic) bond motifs is 7. The average molecular weight is 682 g/mol. The number of rotatable bonds is 5. The SMILES string of the molecule is c1ccc(-c2nc(-c3ccccc3)nc(-c3cccc4oc5ccc(-n6c(-c7cccc8oc9ccccc9c78)nc7ccccc76)cc5c34)n2)cc1. The quantitative estimate of drug-likeness (QED) is 0.180. The minimum Gasteiger partial charge on any atom is -0.456 e. The Morgan fingerprint density at radius 1 is 0.396 bits per heavy atom. The van der Waals surface area contributed by atoms with Gasteiger partial charge in [0.2, 0.25) is 0 Å². The van der Waals surface area contributed by atoms with Gasteiger partial charge in [0, 0.05) is 49.5 Å². The van der Waals surface area contributed by atoms with Gasteiger partial charge in [0.1, 0.15) is 28.2 Å². The van der Waals surface area contributed by atoms with E-state index in [0.717, 1.165) is 88.7 Å². The summed E-state index contributed by atoms with van der Waals surface area (Å²) < 4.78 is 15.0. The Labute approximate surface area is 302 Å². The second-order valence-electron chi connectivity index (χ2n) is 13.0. The van der Waals surface area contributed by atoms with E-state index in [2.05, 4.69) is 53.1 Å². The maximum atomic E-state index is 6.51. The van der Waals surface area contributed by atoms with Crippen LogP contribution in [0.15, 0.2) is 173 Å². The van der Waals surface area contributed by atoms with Gasteiger partial charge < -0.3 is 8.83 Å². The molecular formula is C46H27N5O2. The monoisotopic (exact) mass is 681 g/mol. The third-order valence-electron chi connectivity index (χ3n) is 9.88. The molecule has 0 amide bonds. The van der Waals surface area contributed by atoms with Crippen LogP contribution in [0.3, 0.4) is 0 Å². The molecule has 0 radical (unpaired) electrons. The number of aromatic nitrogens is 5. The van der Waals surface area contributed by atoms with Crippen LogP contribution in [-0.4, -0.2) is 24.5 Å². The fourth-order valence-corrected chi connectivity index (χ4v) is 7.50. The first-order valence-electron chi connectivity index (χ1n) is 17.5. The number of nitrogens with zero attached hydrogens (tertiary/aromatic N) is 5. The summed E-state index contributed by atoms with van der Waals surface area (Å²) in [6.45, 7) is 0. The van der Waals surface area contributed by atoms with Crippen LogP contribution >= 0.6 is 0 Å². The normalized spacial score (nSPS) is 11.8. The third-order valence-corrected chi connectivity index (χ3v) is 9.88. The van der Waals surface area contributed by atoms with Crippen molar-refractivity contribution in [3.8, 4) is 51.2 Å². The Hall–Kier alpha value is -7.38. The molecule has 11 rings (SSSR count). The molecule has 0 unspecified atom stereocenters. The first-order chi connectivity index (χ1) is 26.3. The van der Waals surface area contributed by atoms with E-state index < -0.39 is 0 Å². The Kier molecular flexibility index (Phi) is 6.42. The lowest BCUT2D eigenvalue weighted by atomic mass is 10.0. The van der Waals surface area contributed by atoms with Gasteiger partial charge >= 0.3 is 0 Å². The van der Waals surface area contributed by atoms with Crippen molar-refractivity contribution in [2.24, 2.45) is 0 Å². The molecule has 53 heavy (non-hydrogen) atoms. The lowest BCUT2D eigenvalue weighted by Gasteiger charge is -2.11. The van der Waals surface area contributed by atoms with Gasteiger partial charge in [-0.25, -0.2) is 19.9 Å². The summed E-state index contributed by atoms with van der Waals surface area (Å²) in [6, 6.07) is 55.0. The zero-order valence-corrected chi connectivity index (χ0v) is 28.1. The van der Waals surface area contributed by atoms with Crippen LogP contribution < -0.4 is 0 Å². The average Bonchev–Trinajstić information content (AvgIpc) is 3.92. The maximum Gasteiger partial charge on any atom is 0.164 e. The summed E-state index contributed by atoms with van der Waals surface area (Å²) in [7, 11) is 0. The van der Waals surface area contributed by atoms with E-state index in [-0.39, 0.29) is 0 Å². The maximum absolute atomic E-state index is 6.51. The van der Waals surface area contributed by atoms with Crippen molar-refractivity contribution in [2.75, 3.05) is 0 Å². The van der Waals surface area contributed by atoms with Crippen LogP contribution in [0, 0.1) is 0 Å². The highest BCUT2D eigenvalue weighted by molar-refractivity contribution is 6.14. The van der Waals surface area contributed by atoms with Crippen LogP contribution in [-0.2, 0) is 0 Å². The number of hydrogen-bond acceptors (Lipinski definition) is 6. The van der Waals surface area contributed by atoms with E-state index in [4.69, 9.17) is 28.8 Å². The minimum absolute atomic E-state index is 0.573. The second-order valence-corrected chi connectivity index (χ2v) is 13.0. The van der Waals surface area contributed by atoms with E-state index in [1.165, 1.54) is 0 Å². The molecule has 4 heterocycles. The lowest BCUT2D eigenvalue weighted by molar-refractivity contribution is 0.668. The summed E-state index contributed by atoms with van der Waals surface area (Å²) in [5, 5.41) is 3.98. The molecule has 248 valence electrons. The predicted octanol–water partition coefficient (Wildman–Crippen LogP) is 11.7. The number of para-hydroxylation sites is 3. The number of imidazole rings is 1. The molecular weight excluding hydrogens is 655 g/mol. The lowest BCUT2D eigenvalue weighted by Crippen LogP contribution is -2.00. The van der Waals surface area contributed by atoms with Crippen LogP contribution in [0.1, 0.15) is 0 Å². The van der Waals surface area contributed by atoms with E-state index in [1.807, 2.05) is 115 Å². The van der Waals surface area contributed by atoms with Gasteiger partial charge in [-0.05, 0) is 48.5 Å². The standard InChI is InChI=1S/C46H27N5O2/c1-3-13-28(14-4-1)43-48-44(29-15-5-2-6-16-29)50-45(49-43)32-18-11-23-40-42(32)34-27-30(25-26-38(34)53-40)51-36-21-9-8-20-35(36)47-46(51)33-19-12-24-39-41(33)31-17-7-10-22-37(31)52-39/h1-27H. The van der Waals surface area contributed by atoms with Gasteiger partial charge in [-0.3, -0.25) is 4.57 Å². The molecule has 0 atom stereocenters. The van der Waals surface area contributed by atoms with Gasteiger partial charge in [-0.1, -0.05) is 115 Å². The molecule has 0 fully saturated rings. The van der Waals surface area contributed by atoms with Crippen molar-refractivity contribution in [3.63, 3.8) is 0 Å². The van der Waals surface area contributed by atoms with E-state index in [1.54, 1.807) is 0 Å². The van der Waals surface area contributed by atoms with Crippen molar-refractivity contribution in [1.29, 1.82) is 0 Å². The van der Waals surface area contributed by atoms with Crippen molar-refractivity contribution in [1.82, 2.24) is 24.5 Å². The molecule has 7 nitrogen and oxygen atoms in total. The van der Waals surface area contributed by atoms with E-state index in [0.29, 0.717) is 17.5 Å². The van der Waals surface area contributed by atoms with Crippen molar-refractivity contribution in [3.05, 3.63) is 164 Å². The molecule has 0 aliphatic heterocycles. The van der Waals surface area contributed by atoms with E-state index >= 15 is 0 Å². The van der Waals surface area contributed by atoms with Gasteiger partial charge in [-0.2, -0.15) is 0 Å². The zero-order valence-electron chi connectivity index (χ0n) is 28.1. The zero-order chi connectivity index (χ0) is 34.9. The molecule has 0 aliphatic rings. The summed E-state index contributed by atoms with van der Waals surface area (Å²) in [6.07, 6.45) is 0. The number of benzene rings is 7. The molecule has 0 bridgehead atoms. The van der Waals surface area contributed by atoms with Crippen molar-refractivity contribution in [2.45, 2.75) is 0 Å². The largest absolute Gasteiger partial charge is 0.456 e. The summed E-state index contributed by atoms with van der Waals surface area (Å²) in [4.78, 5) is 20.3. The Bertz CT molecular complexity index is 3120. The topological polar surface area (TPSA) is 82.8 Å². The van der Waals surface area contributed by atoms with Gasteiger partial charge in [0.15, 0.2) is 17.5 Å². The Morgan fingerprint density at radius 2 is 0.962 bits per heavy atom. The molecule has 0 aliphatic carbocycles. The molecule has 0 saturated carbocycles. The molecule has 0 saturated heterocycles. The van der Waals surface area contributed by atoms with Gasteiger partial charge in [0.25, 0.3) is 0 Å². The summed E-state index contributed by atoms with van der Waals surface area (Å²) >= 11 is 0. The number of furan rings is 2. The second kappa shape index (κ2) is 11.6. The van der Waals surface area contributed by atoms with Crippen LogP contribution in [0.5, 0.6) is 0 Å². The molecule has 0 N–H and O–H groups in total. The smallest absolute Gasteiger partial charge is 0.164 e. The predicted molar refractivity (Wildman–Crippen MR) is 211 cm³/mol. The highest BCUT2D eigenvalue weighted by Gasteiger charge is 2.22. The fraction of sp³-hybridized carbons (Fsp3) is 0. The summed E-state index contributed by atoms with van der Waals surface area (Å²) in [5.41, 5.74) is 9.73. The molecule has 4 aromatic heterocycles. The molecule has 7 heteroatoms. The fourth-order valence-electron chi connectivity index (χ4n) is 7.50. The molecule has 0 spiro atoms. The minimum atomic E-state index is 0.573. The van der Waals surface area contributed by atoms with Gasteiger partial charge in [-0.15, -0.1) is 0 Å². The van der Waals surface area contributed by atoms with Crippen LogP contribution in [0.25, 0.3) is 106 Å².